The summed E-state index contributed by atoms with van der Waals surface area (Å²) in [5.41, 5.74) is 1.59. The zero-order valence-corrected chi connectivity index (χ0v) is 17.5. The number of rotatable bonds is 6. The van der Waals surface area contributed by atoms with Crippen molar-refractivity contribution in [2.45, 2.75) is 13.5 Å². The van der Waals surface area contributed by atoms with E-state index in [0.29, 0.717) is 16.9 Å². The third-order valence-corrected chi connectivity index (χ3v) is 5.53. The Hall–Kier alpha value is -4.46. The van der Waals surface area contributed by atoms with Crippen LogP contribution in [0, 0.1) is 6.92 Å². The number of carbonyl (C=O) groups is 4. The van der Waals surface area contributed by atoms with Crippen LogP contribution in [0.4, 0.5) is 0 Å². The molecule has 0 atom stereocenters. The number of ether oxygens (including phenoxy) is 1. The van der Waals surface area contributed by atoms with Crippen LogP contribution in [0.15, 0.2) is 69.7 Å². The molecule has 0 unspecified atom stereocenters. The molecule has 8 nitrogen and oxygen atoms in total. The van der Waals surface area contributed by atoms with Crippen molar-refractivity contribution in [3.8, 4) is 0 Å². The van der Waals surface area contributed by atoms with Gasteiger partial charge < -0.3 is 13.6 Å². The van der Waals surface area contributed by atoms with Gasteiger partial charge in [-0.15, -0.1) is 0 Å². The predicted octanol–water partition coefficient (Wildman–Crippen LogP) is 4.17. The number of hydrogen-bond donors (Lipinski definition) is 0. The molecule has 3 heterocycles. The molecule has 0 radical (unpaired) electrons. The Labute approximate surface area is 187 Å². The smallest absolute Gasteiger partial charge is 0.338 e. The van der Waals surface area contributed by atoms with E-state index >= 15 is 0 Å². The van der Waals surface area contributed by atoms with E-state index in [2.05, 4.69) is 0 Å². The number of fused-ring (bicyclic) bond motifs is 2. The number of carbonyl (C=O) groups excluding carboxylic acids is 4. The maximum absolute atomic E-state index is 12.7. The summed E-state index contributed by atoms with van der Waals surface area (Å²) < 4.78 is 16.0. The van der Waals surface area contributed by atoms with Gasteiger partial charge in [0.05, 0.1) is 29.5 Å². The molecule has 2 amide bonds. The molecule has 8 heteroatoms. The van der Waals surface area contributed by atoms with E-state index in [9.17, 15) is 19.2 Å². The molecule has 33 heavy (non-hydrogen) atoms. The highest BCUT2D eigenvalue weighted by atomic mass is 16.5. The van der Waals surface area contributed by atoms with Crippen LogP contribution in [-0.4, -0.2) is 35.1 Å². The lowest BCUT2D eigenvalue weighted by molar-refractivity contribution is 0.0468. The van der Waals surface area contributed by atoms with Gasteiger partial charge in [0.2, 0.25) is 5.78 Å². The van der Waals surface area contributed by atoms with E-state index < -0.39 is 30.2 Å². The summed E-state index contributed by atoms with van der Waals surface area (Å²) in [6.07, 6.45) is 1.45. The van der Waals surface area contributed by atoms with Gasteiger partial charge in [0.1, 0.15) is 11.3 Å². The lowest BCUT2D eigenvalue weighted by atomic mass is 10.1. The van der Waals surface area contributed by atoms with E-state index in [1.165, 1.54) is 24.5 Å². The Morgan fingerprint density at radius 1 is 0.970 bits per heavy atom. The number of nitrogens with zero attached hydrogens (tertiary/aromatic N) is 1. The molecule has 0 spiro atoms. The molecule has 1 aliphatic rings. The maximum Gasteiger partial charge on any atom is 0.338 e. The van der Waals surface area contributed by atoms with Gasteiger partial charge in [-0.2, -0.15) is 0 Å². The van der Waals surface area contributed by atoms with Crippen LogP contribution in [0.2, 0.25) is 0 Å². The van der Waals surface area contributed by atoms with Crippen molar-refractivity contribution >= 4 is 34.5 Å². The number of hydrogen-bond acceptors (Lipinski definition) is 7. The Kier molecular flexibility index (Phi) is 4.90. The molecule has 4 aromatic rings. The number of aryl methyl sites for hydroxylation is 1. The molecular formula is C25H17NO7. The normalized spacial score (nSPS) is 12.9. The van der Waals surface area contributed by atoms with Crippen molar-refractivity contribution in [2.75, 3.05) is 6.61 Å². The molecule has 0 N–H and O–H groups in total. The number of amides is 2. The van der Waals surface area contributed by atoms with Gasteiger partial charge in [0.25, 0.3) is 11.8 Å². The molecular weight excluding hydrogens is 426 g/mol. The number of Topliss-reactive ketones (excluding diaryl/α,β-unsaturated/α-hetero) is 1. The fraction of sp³-hybridized carbons (Fsp3) is 0.120. The van der Waals surface area contributed by atoms with Gasteiger partial charge in [-0.3, -0.25) is 19.3 Å². The Morgan fingerprint density at radius 2 is 1.76 bits per heavy atom. The second-order valence-corrected chi connectivity index (χ2v) is 7.59. The lowest BCUT2D eigenvalue weighted by Gasteiger charge is -2.11. The van der Waals surface area contributed by atoms with Crippen LogP contribution in [-0.2, 0) is 11.3 Å². The number of esters is 1. The minimum absolute atomic E-state index is 0.00944. The predicted molar refractivity (Wildman–Crippen MR) is 115 cm³/mol. The lowest BCUT2D eigenvalue weighted by Crippen LogP contribution is -2.28. The average molecular weight is 443 g/mol. The molecule has 2 aromatic heterocycles. The SMILES string of the molecule is Cc1c(C(=O)COC(=O)c2ccc3c(c2)C(=O)N(Cc2ccco2)C3=O)oc2ccccc12. The first-order valence-corrected chi connectivity index (χ1v) is 10.1. The first-order chi connectivity index (χ1) is 15.9. The van der Waals surface area contributed by atoms with E-state index in [1.807, 2.05) is 12.1 Å². The molecule has 5 rings (SSSR count). The summed E-state index contributed by atoms with van der Waals surface area (Å²) in [5.74, 6) is -1.67. The van der Waals surface area contributed by atoms with Gasteiger partial charge in [-0.05, 0) is 43.3 Å². The van der Waals surface area contributed by atoms with Gasteiger partial charge in [0.15, 0.2) is 12.4 Å². The summed E-state index contributed by atoms with van der Waals surface area (Å²) in [4.78, 5) is 51.5. The summed E-state index contributed by atoms with van der Waals surface area (Å²) in [6.45, 7) is 1.23. The standard InChI is InChI=1S/C25H17NO7/c1-14-17-6-2-3-7-21(17)33-22(14)20(27)13-32-25(30)15-8-9-18-19(11-15)24(29)26(23(18)28)12-16-5-4-10-31-16/h2-11H,12-13H2,1H3. The highest BCUT2D eigenvalue weighted by Crippen LogP contribution is 2.27. The van der Waals surface area contributed by atoms with Crippen LogP contribution in [0.1, 0.15) is 53.0 Å². The zero-order chi connectivity index (χ0) is 23.1. The van der Waals surface area contributed by atoms with Gasteiger partial charge in [0, 0.05) is 10.9 Å². The third kappa shape index (κ3) is 3.51. The zero-order valence-electron chi connectivity index (χ0n) is 17.5. The fourth-order valence-electron chi connectivity index (χ4n) is 3.84. The largest absolute Gasteiger partial charge is 0.467 e. The van der Waals surface area contributed by atoms with Crippen molar-refractivity contribution in [1.82, 2.24) is 4.90 Å². The van der Waals surface area contributed by atoms with Gasteiger partial charge >= 0.3 is 5.97 Å². The maximum atomic E-state index is 12.7. The third-order valence-electron chi connectivity index (χ3n) is 5.53. The molecule has 0 bridgehead atoms. The van der Waals surface area contributed by atoms with E-state index in [-0.39, 0.29) is 29.0 Å². The highest BCUT2D eigenvalue weighted by molar-refractivity contribution is 6.21. The summed E-state index contributed by atoms with van der Waals surface area (Å²) in [5, 5.41) is 0.813. The van der Waals surface area contributed by atoms with Crippen molar-refractivity contribution in [3.63, 3.8) is 0 Å². The highest BCUT2D eigenvalue weighted by Gasteiger charge is 2.36. The Bertz CT molecular complexity index is 1430. The molecule has 0 fully saturated rings. The van der Waals surface area contributed by atoms with Crippen LogP contribution in [0.3, 0.4) is 0 Å². The van der Waals surface area contributed by atoms with E-state index in [0.717, 1.165) is 10.3 Å². The van der Waals surface area contributed by atoms with Crippen LogP contribution in [0.5, 0.6) is 0 Å². The Morgan fingerprint density at radius 3 is 2.52 bits per heavy atom. The first kappa shape index (κ1) is 20.4. The molecule has 164 valence electrons. The molecule has 2 aromatic carbocycles. The van der Waals surface area contributed by atoms with Gasteiger partial charge in [-0.1, -0.05) is 18.2 Å². The van der Waals surface area contributed by atoms with Crippen molar-refractivity contribution in [2.24, 2.45) is 0 Å². The Balaban J connectivity index is 1.30. The van der Waals surface area contributed by atoms with Crippen LogP contribution < -0.4 is 0 Å². The number of para-hydroxylation sites is 1. The topological polar surface area (TPSA) is 107 Å². The first-order valence-electron chi connectivity index (χ1n) is 10.1. The van der Waals surface area contributed by atoms with Gasteiger partial charge in [-0.25, -0.2) is 4.79 Å². The minimum atomic E-state index is -0.787. The van der Waals surface area contributed by atoms with E-state index in [4.69, 9.17) is 13.6 Å². The van der Waals surface area contributed by atoms with Crippen molar-refractivity contribution < 1.29 is 32.7 Å². The molecule has 1 aliphatic heterocycles. The quantitative estimate of drug-likeness (QED) is 0.250. The van der Waals surface area contributed by atoms with Crippen LogP contribution in [0.25, 0.3) is 11.0 Å². The summed E-state index contributed by atoms with van der Waals surface area (Å²) >= 11 is 0. The molecule has 0 aliphatic carbocycles. The van der Waals surface area contributed by atoms with E-state index in [1.54, 1.807) is 31.2 Å². The average Bonchev–Trinajstić information content (AvgIpc) is 3.52. The molecule has 0 saturated carbocycles. The fourth-order valence-corrected chi connectivity index (χ4v) is 3.84. The molecule has 0 saturated heterocycles. The van der Waals surface area contributed by atoms with Crippen molar-refractivity contribution in [1.29, 1.82) is 0 Å². The number of benzene rings is 2. The number of ketones is 1. The summed E-state index contributed by atoms with van der Waals surface area (Å²) in [6, 6.07) is 14.7. The van der Waals surface area contributed by atoms with Crippen LogP contribution >= 0.6 is 0 Å². The van der Waals surface area contributed by atoms with Crippen molar-refractivity contribution in [3.05, 3.63) is 94.6 Å². The monoisotopic (exact) mass is 443 g/mol. The summed E-state index contributed by atoms with van der Waals surface area (Å²) in [7, 11) is 0. The second-order valence-electron chi connectivity index (χ2n) is 7.59. The number of furan rings is 2. The minimum Gasteiger partial charge on any atom is -0.467 e. The second kappa shape index (κ2) is 7.90. The number of imide groups is 1.